The molecular weight excluding hydrogens is 284 g/mol. The Bertz CT molecular complexity index is 614. The second-order valence-electron chi connectivity index (χ2n) is 4.11. The van der Waals surface area contributed by atoms with Crippen molar-refractivity contribution in [1.82, 2.24) is 14.9 Å². The number of nitrogens with two attached hydrogens (primary N) is 1. The molecule has 2 N–H and O–H groups in total. The van der Waals surface area contributed by atoms with E-state index in [1.165, 1.54) is 12.3 Å². The summed E-state index contributed by atoms with van der Waals surface area (Å²) in [7, 11) is 1.70. The summed E-state index contributed by atoms with van der Waals surface area (Å²) >= 11 is 7.34. The molecule has 0 bridgehead atoms. The van der Waals surface area contributed by atoms with Crippen molar-refractivity contribution in [3.63, 3.8) is 0 Å². The number of amides is 1. The largest absolute Gasteiger partial charge is 0.397 e. The van der Waals surface area contributed by atoms with E-state index in [4.69, 9.17) is 17.3 Å². The van der Waals surface area contributed by atoms with Crippen molar-refractivity contribution in [2.75, 3.05) is 12.8 Å². The Hall–Kier alpha value is -1.66. The van der Waals surface area contributed by atoms with Gasteiger partial charge in [-0.15, -0.1) is 11.3 Å². The number of thiazole rings is 1. The van der Waals surface area contributed by atoms with Crippen molar-refractivity contribution in [3.05, 3.63) is 39.1 Å². The van der Waals surface area contributed by atoms with Crippen molar-refractivity contribution in [3.8, 4) is 0 Å². The molecule has 100 valence electrons. The lowest BCUT2D eigenvalue weighted by atomic mass is 10.2. The van der Waals surface area contributed by atoms with E-state index in [1.54, 1.807) is 23.3 Å². The Morgan fingerprint density at radius 2 is 2.32 bits per heavy atom. The van der Waals surface area contributed by atoms with E-state index in [2.05, 4.69) is 9.97 Å². The van der Waals surface area contributed by atoms with E-state index in [9.17, 15) is 4.79 Å². The number of carbonyl (C=O) groups excluding carboxylic acids is 1. The standard InChI is InChI=1S/C12H13ClN4OS/c1-7-16-8(6-19-7)5-17(2)12(18)9-3-11(13)15-4-10(9)14/h3-4,6H,5,14H2,1-2H3. The van der Waals surface area contributed by atoms with Gasteiger partial charge < -0.3 is 10.6 Å². The highest BCUT2D eigenvalue weighted by Gasteiger charge is 2.16. The maximum atomic E-state index is 12.3. The monoisotopic (exact) mass is 296 g/mol. The van der Waals surface area contributed by atoms with Crippen LogP contribution >= 0.6 is 22.9 Å². The van der Waals surface area contributed by atoms with Crippen molar-refractivity contribution < 1.29 is 4.79 Å². The van der Waals surface area contributed by atoms with Gasteiger partial charge in [-0.2, -0.15) is 0 Å². The fourth-order valence-corrected chi connectivity index (χ4v) is 2.39. The molecule has 2 aromatic rings. The third-order valence-corrected chi connectivity index (χ3v) is 3.57. The molecule has 0 aromatic carbocycles. The van der Waals surface area contributed by atoms with Crippen LogP contribution in [0.1, 0.15) is 21.1 Å². The van der Waals surface area contributed by atoms with Crippen LogP contribution in [0.5, 0.6) is 0 Å². The average molecular weight is 297 g/mol. The number of anilines is 1. The Balaban J connectivity index is 2.16. The second-order valence-corrected chi connectivity index (χ2v) is 5.56. The third kappa shape index (κ3) is 3.21. The number of aromatic nitrogens is 2. The minimum absolute atomic E-state index is 0.201. The molecule has 0 saturated heterocycles. The molecule has 0 fully saturated rings. The first-order valence-corrected chi connectivity index (χ1v) is 6.80. The molecule has 0 spiro atoms. The molecule has 0 aliphatic carbocycles. The summed E-state index contributed by atoms with van der Waals surface area (Å²) in [5.41, 5.74) is 7.27. The minimum Gasteiger partial charge on any atom is -0.397 e. The molecule has 0 unspecified atom stereocenters. The van der Waals surface area contributed by atoms with E-state index in [0.717, 1.165) is 10.7 Å². The lowest BCUT2D eigenvalue weighted by Crippen LogP contribution is -2.27. The molecular formula is C12H13ClN4OS. The van der Waals surface area contributed by atoms with Gasteiger partial charge >= 0.3 is 0 Å². The van der Waals surface area contributed by atoms with Crippen molar-refractivity contribution in [2.24, 2.45) is 0 Å². The smallest absolute Gasteiger partial charge is 0.256 e. The number of carbonyl (C=O) groups is 1. The van der Waals surface area contributed by atoms with Gasteiger partial charge in [0.25, 0.3) is 5.91 Å². The molecule has 1 amide bonds. The van der Waals surface area contributed by atoms with Crippen LogP contribution in [0.3, 0.4) is 0 Å². The minimum atomic E-state index is -0.201. The topological polar surface area (TPSA) is 72.1 Å². The maximum absolute atomic E-state index is 12.3. The normalized spacial score (nSPS) is 10.5. The van der Waals surface area contributed by atoms with Crippen LogP contribution < -0.4 is 5.73 Å². The molecule has 0 atom stereocenters. The number of nitrogen functional groups attached to an aromatic ring is 1. The Labute approximate surface area is 120 Å². The van der Waals surface area contributed by atoms with E-state index >= 15 is 0 Å². The summed E-state index contributed by atoms with van der Waals surface area (Å²) in [4.78, 5) is 22.0. The van der Waals surface area contributed by atoms with Gasteiger partial charge in [0, 0.05) is 12.4 Å². The third-order valence-electron chi connectivity index (χ3n) is 2.54. The van der Waals surface area contributed by atoms with Gasteiger partial charge in [-0.25, -0.2) is 9.97 Å². The zero-order valence-corrected chi connectivity index (χ0v) is 12.1. The molecule has 0 aliphatic heterocycles. The van der Waals surface area contributed by atoms with Crippen molar-refractivity contribution >= 4 is 34.5 Å². The van der Waals surface area contributed by atoms with Gasteiger partial charge in [0.15, 0.2) is 0 Å². The fraction of sp³-hybridized carbons (Fsp3) is 0.250. The quantitative estimate of drug-likeness (QED) is 0.883. The first-order valence-electron chi connectivity index (χ1n) is 5.55. The Morgan fingerprint density at radius 3 is 2.95 bits per heavy atom. The SMILES string of the molecule is Cc1nc(CN(C)C(=O)c2cc(Cl)ncc2N)cs1. The van der Waals surface area contributed by atoms with E-state index in [1.807, 2.05) is 12.3 Å². The number of nitrogens with zero attached hydrogens (tertiary/aromatic N) is 3. The number of pyridine rings is 1. The number of aryl methyl sites for hydroxylation is 1. The molecule has 0 radical (unpaired) electrons. The number of halogens is 1. The summed E-state index contributed by atoms with van der Waals surface area (Å²) in [6.07, 6.45) is 1.39. The fourth-order valence-electron chi connectivity index (χ4n) is 1.63. The Kier molecular flexibility index (Phi) is 4.01. The summed E-state index contributed by atoms with van der Waals surface area (Å²) in [5, 5.41) is 3.15. The second kappa shape index (κ2) is 5.54. The van der Waals surface area contributed by atoms with Crippen LogP contribution in [0.25, 0.3) is 0 Å². The van der Waals surface area contributed by atoms with Crippen LogP contribution in [0.2, 0.25) is 5.15 Å². The lowest BCUT2D eigenvalue weighted by Gasteiger charge is -2.17. The molecule has 7 heteroatoms. The van der Waals surface area contributed by atoms with Crippen LogP contribution in [0, 0.1) is 6.92 Å². The highest BCUT2D eigenvalue weighted by molar-refractivity contribution is 7.09. The van der Waals surface area contributed by atoms with Gasteiger partial charge in [0.2, 0.25) is 0 Å². The van der Waals surface area contributed by atoms with Gasteiger partial charge in [-0.05, 0) is 13.0 Å². The zero-order chi connectivity index (χ0) is 14.0. The number of hydrogen-bond donors (Lipinski definition) is 1. The van der Waals surface area contributed by atoms with E-state index < -0.39 is 0 Å². The van der Waals surface area contributed by atoms with Gasteiger partial charge in [0.05, 0.1) is 34.7 Å². The highest BCUT2D eigenvalue weighted by atomic mass is 35.5. The summed E-state index contributed by atoms with van der Waals surface area (Å²) in [5.74, 6) is -0.201. The molecule has 2 rings (SSSR count). The molecule has 2 aromatic heterocycles. The first-order chi connectivity index (χ1) is 8.97. The van der Waals surface area contributed by atoms with Crippen LogP contribution in [-0.4, -0.2) is 27.8 Å². The number of rotatable bonds is 3. The summed E-state index contributed by atoms with van der Waals surface area (Å²) in [6.45, 7) is 2.36. The first kappa shape index (κ1) is 13.8. The molecule has 19 heavy (non-hydrogen) atoms. The predicted molar refractivity (Wildman–Crippen MR) is 76.3 cm³/mol. The lowest BCUT2D eigenvalue weighted by molar-refractivity contribution is 0.0784. The average Bonchev–Trinajstić information content (AvgIpc) is 2.77. The number of hydrogen-bond acceptors (Lipinski definition) is 5. The zero-order valence-electron chi connectivity index (χ0n) is 10.6. The van der Waals surface area contributed by atoms with Gasteiger partial charge in [-0.3, -0.25) is 4.79 Å². The predicted octanol–water partition coefficient (Wildman–Crippen LogP) is 2.35. The van der Waals surface area contributed by atoms with Crippen LogP contribution in [0.15, 0.2) is 17.6 Å². The van der Waals surface area contributed by atoms with E-state index in [0.29, 0.717) is 17.8 Å². The molecule has 5 nitrogen and oxygen atoms in total. The van der Waals surface area contributed by atoms with Crippen LogP contribution in [0.4, 0.5) is 5.69 Å². The summed E-state index contributed by atoms with van der Waals surface area (Å²) < 4.78 is 0. The van der Waals surface area contributed by atoms with Gasteiger partial charge in [-0.1, -0.05) is 11.6 Å². The molecule has 0 aliphatic rings. The maximum Gasteiger partial charge on any atom is 0.256 e. The summed E-state index contributed by atoms with van der Waals surface area (Å²) in [6, 6.07) is 1.47. The highest BCUT2D eigenvalue weighted by Crippen LogP contribution is 2.18. The molecule has 0 saturated carbocycles. The molecule has 2 heterocycles. The Morgan fingerprint density at radius 1 is 1.58 bits per heavy atom. The van der Waals surface area contributed by atoms with Gasteiger partial charge in [0.1, 0.15) is 5.15 Å². The van der Waals surface area contributed by atoms with Crippen molar-refractivity contribution in [1.29, 1.82) is 0 Å². The van der Waals surface area contributed by atoms with E-state index in [-0.39, 0.29) is 11.1 Å². The van der Waals surface area contributed by atoms with Crippen LogP contribution in [-0.2, 0) is 6.54 Å². The van der Waals surface area contributed by atoms with Crippen molar-refractivity contribution in [2.45, 2.75) is 13.5 Å².